The number of para-hydroxylation sites is 2. The zero-order valence-electron chi connectivity index (χ0n) is 16.9. The van der Waals surface area contributed by atoms with Crippen LogP contribution in [0.15, 0.2) is 60.8 Å². The van der Waals surface area contributed by atoms with E-state index in [0.717, 1.165) is 16.5 Å². The molecule has 2 aliphatic rings. The Balaban J connectivity index is 1.27. The number of hydrogen-bond acceptors (Lipinski definition) is 3. The van der Waals surface area contributed by atoms with Gasteiger partial charge in [-0.2, -0.15) is 0 Å². The van der Waals surface area contributed by atoms with E-state index >= 15 is 0 Å². The Kier molecular flexibility index (Phi) is 4.82. The SMILES string of the molecule is O=C1N[C@@H](Cc2c[nH]c3ccccc23)C(=O)N2CCN(C(=O)Nc3ccccc3)C[C@H]12. The molecule has 0 aliphatic carbocycles. The maximum absolute atomic E-state index is 13.1. The number of amides is 4. The first-order valence-corrected chi connectivity index (χ1v) is 10.4. The van der Waals surface area contributed by atoms with Gasteiger partial charge in [0, 0.05) is 42.3 Å². The molecule has 1 aromatic heterocycles. The van der Waals surface area contributed by atoms with E-state index in [2.05, 4.69) is 15.6 Å². The molecule has 2 saturated heterocycles. The predicted molar refractivity (Wildman–Crippen MR) is 116 cm³/mol. The van der Waals surface area contributed by atoms with Crippen molar-refractivity contribution in [2.24, 2.45) is 0 Å². The van der Waals surface area contributed by atoms with Crippen molar-refractivity contribution in [3.63, 3.8) is 0 Å². The number of benzene rings is 2. The van der Waals surface area contributed by atoms with Crippen LogP contribution < -0.4 is 10.6 Å². The molecule has 0 radical (unpaired) electrons. The van der Waals surface area contributed by atoms with E-state index in [-0.39, 0.29) is 24.4 Å². The Morgan fingerprint density at radius 1 is 1.03 bits per heavy atom. The molecule has 8 heteroatoms. The van der Waals surface area contributed by atoms with Crippen LogP contribution in [0.1, 0.15) is 5.56 Å². The molecule has 2 aliphatic heterocycles. The molecular weight excluding hydrogens is 394 g/mol. The Morgan fingerprint density at radius 3 is 2.65 bits per heavy atom. The fraction of sp³-hybridized carbons (Fsp3) is 0.261. The molecule has 3 aromatic rings. The monoisotopic (exact) mass is 417 g/mol. The number of H-pyrrole nitrogens is 1. The highest BCUT2D eigenvalue weighted by Gasteiger charge is 2.44. The fourth-order valence-corrected chi connectivity index (χ4v) is 4.37. The summed E-state index contributed by atoms with van der Waals surface area (Å²) < 4.78 is 0. The molecule has 158 valence electrons. The van der Waals surface area contributed by atoms with Crippen LogP contribution in [0.5, 0.6) is 0 Å². The Hall–Kier alpha value is -3.81. The summed E-state index contributed by atoms with van der Waals surface area (Å²) in [4.78, 5) is 45.0. The van der Waals surface area contributed by atoms with Gasteiger partial charge in [-0.25, -0.2) is 4.79 Å². The lowest BCUT2D eigenvalue weighted by molar-refractivity contribution is -0.152. The van der Waals surface area contributed by atoms with Crippen molar-refractivity contribution in [1.29, 1.82) is 0 Å². The van der Waals surface area contributed by atoms with E-state index in [1.807, 2.05) is 48.7 Å². The highest BCUT2D eigenvalue weighted by atomic mass is 16.2. The minimum absolute atomic E-state index is 0.0991. The molecule has 2 aromatic carbocycles. The number of carbonyl (C=O) groups excluding carboxylic acids is 3. The number of piperazine rings is 2. The van der Waals surface area contributed by atoms with Gasteiger partial charge in [-0.1, -0.05) is 36.4 Å². The molecule has 0 saturated carbocycles. The van der Waals surface area contributed by atoms with Gasteiger partial charge >= 0.3 is 6.03 Å². The summed E-state index contributed by atoms with van der Waals surface area (Å²) in [6.45, 7) is 0.896. The average Bonchev–Trinajstić information content (AvgIpc) is 3.20. The van der Waals surface area contributed by atoms with Gasteiger partial charge in [0.05, 0.1) is 6.54 Å². The summed E-state index contributed by atoms with van der Waals surface area (Å²) in [5.74, 6) is -0.320. The summed E-state index contributed by atoms with van der Waals surface area (Å²) in [5.41, 5.74) is 2.69. The molecule has 8 nitrogen and oxygen atoms in total. The molecule has 3 N–H and O–H groups in total. The number of nitrogens with one attached hydrogen (secondary N) is 3. The van der Waals surface area contributed by atoms with Crippen LogP contribution in [0.4, 0.5) is 10.5 Å². The summed E-state index contributed by atoms with van der Waals surface area (Å²) in [5, 5.41) is 6.76. The third kappa shape index (κ3) is 3.61. The minimum Gasteiger partial charge on any atom is -0.361 e. The maximum Gasteiger partial charge on any atom is 0.321 e. The molecular formula is C23H23N5O3. The van der Waals surface area contributed by atoms with Crippen molar-refractivity contribution in [3.05, 3.63) is 66.4 Å². The van der Waals surface area contributed by atoms with Crippen LogP contribution in [-0.4, -0.2) is 64.3 Å². The normalized spacial score (nSPS) is 21.0. The minimum atomic E-state index is -0.665. The number of hydrogen-bond donors (Lipinski definition) is 3. The lowest BCUT2D eigenvalue weighted by Gasteiger charge is -2.45. The van der Waals surface area contributed by atoms with E-state index in [0.29, 0.717) is 25.2 Å². The summed E-state index contributed by atoms with van der Waals surface area (Å²) in [7, 11) is 0. The van der Waals surface area contributed by atoms with Crippen LogP contribution in [0.3, 0.4) is 0 Å². The first kappa shape index (κ1) is 19.2. The maximum atomic E-state index is 13.1. The topological polar surface area (TPSA) is 97.5 Å². The molecule has 5 rings (SSSR count). The van der Waals surface area contributed by atoms with Crippen LogP contribution in [0.25, 0.3) is 10.9 Å². The second kappa shape index (κ2) is 7.79. The lowest BCUT2D eigenvalue weighted by Crippen LogP contribution is -2.70. The highest BCUT2D eigenvalue weighted by Crippen LogP contribution is 2.23. The van der Waals surface area contributed by atoms with Crippen molar-refractivity contribution in [3.8, 4) is 0 Å². The number of aromatic nitrogens is 1. The first-order chi connectivity index (χ1) is 15.1. The number of fused-ring (bicyclic) bond motifs is 2. The number of rotatable bonds is 3. The summed E-state index contributed by atoms with van der Waals surface area (Å²) in [6, 6.07) is 15.5. The number of urea groups is 1. The highest BCUT2D eigenvalue weighted by molar-refractivity contribution is 5.99. The molecule has 0 unspecified atom stereocenters. The molecule has 0 spiro atoms. The molecule has 2 atom stereocenters. The van der Waals surface area contributed by atoms with E-state index in [1.165, 1.54) is 0 Å². The van der Waals surface area contributed by atoms with E-state index in [4.69, 9.17) is 0 Å². The van der Waals surface area contributed by atoms with Crippen LogP contribution in [0, 0.1) is 0 Å². The van der Waals surface area contributed by atoms with Gasteiger partial charge in [-0.3, -0.25) is 9.59 Å². The van der Waals surface area contributed by atoms with Gasteiger partial charge in [0.15, 0.2) is 0 Å². The zero-order valence-corrected chi connectivity index (χ0v) is 16.9. The van der Waals surface area contributed by atoms with Crippen molar-refractivity contribution in [2.75, 3.05) is 25.0 Å². The summed E-state index contributed by atoms with van der Waals surface area (Å²) in [6.07, 6.45) is 2.32. The number of anilines is 1. The van der Waals surface area contributed by atoms with Gasteiger partial charge < -0.3 is 25.4 Å². The van der Waals surface area contributed by atoms with Gasteiger partial charge in [0.25, 0.3) is 0 Å². The van der Waals surface area contributed by atoms with Crippen LogP contribution in [-0.2, 0) is 16.0 Å². The largest absolute Gasteiger partial charge is 0.361 e. The van der Waals surface area contributed by atoms with Crippen molar-refractivity contribution >= 4 is 34.4 Å². The number of aromatic amines is 1. The van der Waals surface area contributed by atoms with Crippen molar-refractivity contribution in [2.45, 2.75) is 18.5 Å². The van der Waals surface area contributed by atoms with Gasteiger partial charge in [0.2, 0.25) is 11.8 Å². The predicted octanol–water partition coefficient (Wildman–Crippen LogP) is 1.95. The molecule has 31 heavy (non-hydrogen) atoms. The molecule has 3 heterocycles. The van der Waals surface area contributed by atoms with Gasteiger partial charge in [0.1, 0.15) is 12.1 Å². The number of carbonyl (C=O) groups is 3. The summed E-state index contributed by atoms with van der Waals surface area (Å²) >= 11 is 0. The number of nitrogens with zero attached hydrogens (tertiary/aromatic N) is 2. The van der Waals surface area contributed by atoms with Crippen molar-refractivity contribution in [1.82, 2.24) is 20.1 Å². The van der Waals surface area contributed by atoms with Gasteiger partial charge in [-0.05, 0) is 23.8 Å². The van der Waals surface area contributed by atoms with Crippen molar-refractivity contribution < 1.29 is 14.4 Å². The second-order valence-electron chi connectivity index (χ2n) is 7.91. The molecule has 4 amide bonds. The Bertz CT molecular complexity index is 1140. The Labute approximate surface area is 179 Å². The fourth-order valence-electron chi connectivity index (χ4n) is 4.37. The quantitative estimate of drug-likeness (QED) is 0.608. The second-order valence-corrected chi connectivity index (χ2v) is 7.91. The standard InChI is InChI=1S/C23H23N5O3/c29-21-20-14-27(23(31)25-16-6-2-1-3-7-16)10-11-28(20)22(30)19(26-21)12-15-13-24-18-9-5-4-8-17(15)18/h1-9,13,19-20,24H,10-12,14H2,(H,25,31)(H,26,29)/t19-,20+/m0/s1. The Morgan fingerprint density at radius 2 is 1.81 bits per heavy atom. The van der Waals surface area contributed by atoms with Crippen LogP contribution >= 0.6 is 0 Å². The van der Waals surface area contributed by atoms with E-state index in [9.17, 15) is 14.4 Å². The molecule has 0 bridgehead atoms. The zero-order chi connectivity index (χ0) is 21.4. The third-order valence-electron chi connectivity index (χ3n) is 5.99. The third-order valence-corrected chi connectivity index (χ3v) is 5.99. The first-order valence-electron chi connectivity index (χ1n) is 10.4. The van der Waals surface area contributed by atoms with Gasteiger partial charge in [-0.15, -0.1) is 0 Å². The lowest BCUT2D eigenvalue weighted by atomic mass is 9.98. The smallest absolute Gasteiger partial charge is 0.321 e. The average molecular weight is 417 g/mol. The van der Waals surface area contributed by atoms with E-state index in [1.54, 1.807) is 21.9 Å². The molecule has 2 fully saturated rings. The van der Waals surface area contributed by atoms with Crippen LogP contribution in [0.2, 0.25) is 0 Å². The van der Waals surface area contributed by atoms with E-state index < -0.39 is 12.1 Å².